The van der Waals surface area contributed by atoms with Crippen LogP contribution in [-0.4, -0.2) is 75.2 Å². The monoisotopic (exact) mass is 512 g/mol. The van der Waals surface area contributed by atoms with E-state index >= 15 is 0 Å². The quantitative estimate of drug-likeness (QED) is 0.471. The van der Waals surface area contributed by atoms with Crippen LogP contribution < -0.4 is 10.2 Å². The van der Waals surface area contributed by atoms with Crippen LogP contribution in [0.1, 0.15) is 56.6 Å². The summed E-state index contributed by atoms with van der Waals surface area (Å²) in [6.45, 7) is 1.67. The van der Waals surface area contributed by atoms with Crippen molar-refractivity contribution in [2.75, 3.05) is 36.1 Å². The highest BCUT2D eigenvalue weighted by Gasteiger charge is 2.36. The molecular weight excluding hydrogens is 480 g/mol. The van der Waals surface area contributed by atoms with Crippen LogP contribution in [0.2, 0.25) is 0 Å². The summed E-state index contributed by atoms with van der Waals surface area (Å²) in [5, 5.41) is 15.6. The Morgan fingerprint density at radius 1 is 1.19 bits per heavy atom. The lowest BCUT2D eigenvalue weighted by Gasteiger charge is -2.32. The number of ketones is 1. The van der Waals surface area contributed by atoms with Gasteiger partial charge in [-0.3, -0.25) is 9.89 Å². The first-order chi connectivity index (χ1) is 17.3. The van der Waals surface area contributed by atoms with Gasteiger partial charge in [0.05, 0.1) is 12.3 Å². The number of aromatic nitrogens is 5. The maximum atomic E-state index is 13.4. The molecule has 0 amide bonds. The Morgan fingerprint density at radius 2 is 2.03 bits per heavy atom. The highest BCUT2D eigenvalue weighted by atomic mass is 32.2. The van der Waals surface area contributed by atoms with Gasteiger partial charge in [-0.1, -0.05) is 0 Å². The van der Waals surface area contributed by atoms with Crippen LogP contribution in [0, 0.1) is 5.92 Å². The molecule has 1 aliphatic carbocycles. The van der Waals surface area contributed by atoms with Gasteiger partial charge in [-0.15, -0.1) is 5.10 Å². The van der Waals surface area contributed by atoms with E-state index in [4.69, 9.17) is 10.1 Å². The summed E-state index contributed by atoms with van der Waals surface area (Å²) < 4.78 is 27.3. The van der Waals surface area contributed by atoms with E-state index in [0.717, 1.165) is 36.9 Å². The molecule has 0 radical (unpaired) electrons. The third-order valence-corrected chi connectivity index (χ3v) is 8.83. The summed E-state index contributed by atoms with van der Waals surface area (Å²) in [5.41, 5.74) is 1.97. The van der Waals surface area contributed by atoms with Gasteiger partial charge in [0.25, 0.3) is 0 Å². The smallest absolute Gasteiger partial charge is 0.246 e. The number of nitrogens with one attached hydrogen (secondary N) is 2. The molecule has 11 nitrogen and oxygen atoms in total. The van der Waals surface area contributed by atoms with Crippen LogP contribution in [0.5, 0.6) is 0 Å². The van der Waals surface area contributed by atoms with Gasteiger partial charge in [-0.25, -0.2) is 17.2 Å². The number of carbonyl (C=O) groups is 1. The van der Waals surface area contributed by atoms with E-state index in [1.165, 1.54) is 23.4 Å². The molecule has 2 aliphatic heterocycles. The van der Waals surface area contributed by atoms with E-state index in [2.05, 4.69) is 15.5 Å². The Kier molecular flexibility index (Phi) is 5.95. The lowest BCUT2D eigenvalue weighted by atomic mass is 9.91. The van der Waals surface area contributed by atoms with Crippen LogP contribution in [0.25, 0.3) is 5.52 Å². The van der Waals surface area contributed by atoms with E-state index in [9.17, 15) is 13.2 Å². The fourth-order valence-corrected chi connectivity index (χ4v) is 6.46. The lowest BCUT2D eigenvalue weighted by Crippen LogP contribution is -2.42. The number of rotatable bonds is 8. The summed E-state index contributed by atoms with van der Waals surface area (Å²) in [7, 11) is -3.24. The molecule has 12 heteroatoms. The fourth-order valence-electron chi connectivity index (χ4n) is 5.52. The molecule has 0 spiro atoms. The zero-order valence-corrected chi connectivity index (χ0v) is 21.2. The molecule has 3 aliphatic rings. The summed E-state index contributed by atoms with van der Waals surface area (Å²) in [4.78, 5) is 20.3. The van der Waals surface area contributed by atoms with Gasteiger partial charge >= 0.3 is 0 Å². The standard InChI is InChI=1S/C24H32N8O3S/c1-36(34,35)30-10-2-5-16(15-30)13-21(33)19-6-3-11-31(19)24-26-23(20-7-4-12-32(20)29-24)25-22-14-18(27-28-22)17-8-9-17/h4,7,12,14,16-17,19H,2-3,5-6,8-11,13,15H2,1H3,(H2,25,26,27,28,29)/t16?,19-/m0/s1. The first-order valence-electron chi connectivity index (χ1n) is 12.8. The van der Waals surface area contributed by atoms with Crippen molar-refractivity contribution < 1.29 is 13.2 Å². The van der Waals surface area contributed by atoms with Gasteiger partial charge in [0.2, 0.25) is 16.0 Å². The van der Waals surface area contributed by atoms with Crippen LogP contribution in [-0.2, 0) is 14.8 Å². The maximum Gasteiger partial charge on any atom is 0.246 e. The lowest BCUT2D eigenvalue weighted by molar-refractivity contribution is -0.121. The molecular formula is C24H32N8O3S. The van der Waals surface area contributed by atoms with Crippen molar-refractivity contribution in [1.29, 1.82) is 0 Å². The first-order valence-corrected chi connectivity index (χ1v) is 14.6. The van der Waals surface area contributed by atoms with E-state index < -0.39 is 10.0 Å². The second kappa shape index (κ2) is 9.15. The van der Waals surface area contributed by atoms with Crippen molar-refractivity contribution in [2.45, 2.75) is 56.9 Å². The average Bonchev–Trinajstić information content (AvgIpc) is 3.24. The van der Waals surface area contributed by atoms with Crippen LogP contribution in [0.3, 0.4) is 0 Å². The van der Waals surface area contributed by atoms with Crippen molar-refractivity contribution in [1.82, 2.24) is 29.1 Å². The fraction of sp³-hybridized carbons (Fsp3) is 0.583. The highest BCUT2D eigenvalue weighted by molar-refractivity contribution is 7.88. The van der Waals surface area contributed by atoms with Crippen molar-refractivity contribution in [3.05, 3.63) is 30.1 Å². The molecule has 2 N–H and O–H groups in total. The molecule has 5 heterocycles. The summed E-state index contributed by atoms with van der Waals surface area (Å²) in [6, 6.07) is 5.60. The molecule has 3 aromatic heterocycles. The largest absolute Gasteiger partial charge is 0.329 e. The van der Waals surface area contributed by atoms with Crippen LogP contribution in [0.4, 0.5) is 17.6 Å². The number of Topliss-reactive ketones (excluding diaryl/α,β-unsaturated/α-hetero) is 1. The summed E-state index contributed by atoms with van der Waals surface area (Å²) in [5.74, 6) is 2.64. The van der Waals surface area contributed by atoms with Gasteiger partial charge in [0, 0.05) is 49.9 Å². The Balaban J connectivity index is 1.21. The first kappa shape index (κ1) is 23.4. The van der Waals surface area contributed by atoms with Gasteiger partial charge in [-0.2, -0.15) is 10.1 Å². The molecule has 36 heavy (non-hydrogen) atoms. The minimum Gasteiger partial charge on any atom is -0.329 e. The van der Waals surface area contributed by atoms with E-state index in [1.807, 2.05) is 29.3 Å². The van der Waals surface area contributed by atoms with Crippen molar-refractivity contribution in [3.8, 4) is 0 Å². The number of H-pyrrole nitrogens is 1. The van der Waals surface area contributed by atoms with Crippen molar-refractivity contribution in [2.24, 2.45) is 5.92 Å². The van der Waals surface area contributed by atoms with Crippen molar-refractivity contribution >= 4 is 38.9 Å². The minimum absolute atomic E-state index is 0.0498. The molecule has 0 bridgehead atoms. The second-order valence-electron chi connectivity index (χ2n) is 10.4. The van der Waals surface area contributed by atoms with Crippen LogP contribution >= 0.6 is 0 Å². The molecule has 2 atom stereocenters. The van der Waals surface area contributed by atoms with Crippen molar-refractivity contribution in [3.63, 3.8) is 0 Å². The average molecular weight is 513 g/mol. The Hall–Kier alpha value is -2.99. The van der Waals surface area contributed by atoms with Gasteiger partial charge in [-0.05, 0) is 56.6 Å². The molecule has 1 unspecified atom stereocenters. The predicted octanol–water partition coefficient (Wildman–Crippen LogP) is 2.67. The van der Waals surface area contributed by atoms with E-state index in [-0.39, 0.29) is 17.7 Å². The zero-order chi connectivity index (χ0) is 24.9. The summed E-state index contributed by atoms with van der Waals surface area (Å²) >= 11 is 0. The summed E-state index contributed by atoms with van der Waals surface area (Å²) in [6.07, 6.45) is 9.18. The normalized spacial score (nSPS) is 23.4. The molecule has 2 saturated heterocycles. The zero-order valence-electron chi connectivity index (χ0n) is 20.4. The Labute approximate surface area is 210 Å². The number of hydrogen-bond donors (Lipinski definition) is 2. The Morgan fingerprint density at radius 3 is 2.83 bits per heavy atom. The molecule has 1 saturated carbocycles. The third kappa shape index (κ3) is 4.71. The number of aromatic amines is 1. The van der Waals surface area contributed by atoms with E-state index in [0.29, 0.717) is 49.6 Å². The molecule has 3 aromatic rings. The second-order valence-corrected chi connectivity index (χ2v) is 12.3. The number of anilines is 3. The third-order valence-electron chi connectivity index (χ3n) is 7.56. The Bertz CT molecular complexity index is 1380. The number of fused-ring (bicyclic) bond motifs is 1. The highest BCUT2D eigenvalue weighted by Crippen LogP contribution is 2.40. The topological polar surface area (TPSA) is 129 Å². The van der Waals surface area contributed by atoms with Gasteiger partial charge in [0.1, 0.15) is 5.52 Å². The van der Waals surface area contributed by atoms with E-state index in [1.54, 1.807) is 4.52 Å². The van der Waals surface area contributed by atoms with Crippen LogP contribution in [0.15, 0.2) is 24.4 Å². The van der Waals surface area contributed by atoms with Gasteiger partial charge in [0.15, 0.2) is 17.4 Å². The molecule has 3 fully saturated rings. The van der Waals surface area contributed by atoms with Gasteiger partial charge < -0.3 is 10.2 Å². The number of piperidine rings is 1. The molecule has 0 aromatic carbocycles. The number of sulfonamides is 1. The molecule has 192 valence electrons. The minimum atomic E-state index is -3.24. The number of nitrogens with zero attached hydrogens (tertiary/aromatic N) is 6. The predicted molar refractivity (Wildman–Crippen MR) is 136 cm³/mol. The SMILES string of the molecule is CS(=O)(=O)N1CCCC(CC(=O)[C@@H]2CCCN2c2nc(Nc3cc(C4CC4)[nH]n3)c3cccn3n2)C1. The number of carbonyl (C=O) groups excluding carboxylic acids is 1. The molecule has 6 rings (SSSR count). The number of hydrogen-bond acceptors (Lipinski definition) is 8. The maximum absolute atomic E-state index is 13.4.